The second-order valence-electron chi connectivity index (χ2n) is 2.30. The second-order valence-corrected chi connectivity index (χ2v) is 2.30. The first-order valence-corrected chi connectivity index (χ1v) is 3.24. The molecular formula is C7H9N3O. The number of nitrogens with one attached hydrogen (secondary N) is 1. The lowest BCUT2D eigenvalue weighted by Gasteiger charge is -2.00. The quantitative estimate of drug-likeness (QED) is 0.644. The van der Waals surface area contributed by atoms with Crippen molar-refractivity contribution in [3.63, 3.8) is 0 Å². The van der Waals surface area contributed by atoms with Gasteiger partial charge in [-0.3, -0.25) is 10.2 Å². The van der Waals surface area contributed by atoms with Crippen LogP contribution in [0.15, 0.2) is 18.6 Å². The van der Waals surface area contributed by atoms with Crippen LogP contribution in [0, 0.1) is 5.41 Å². The maximum absolute atomic E-state index is 10.6. The van der Waals surface area contributed by atoms with Gasteiger partial charge in [0, 0.05) is 6.20 Å². The van der Waals surface area contributed by atoms with E-state index in [1.165, 1.54) is 24.0 Å². The largest absolute Gasteiger partial charge is 0.310 e. The van der Waals surface area contributed by atoms with Gasteiger partial charge in [0.25, 0.3) is 0 Å². The Kier molecular flexibility index (Phi) is 2.15. The van der Waals surface area contributed by atoms with E-state index in [1.807, 2.05) is 0 Å². The van der Waals surface area contributed by atoms with Crippen molar-refractivity contribution in [1.29, 1.82) is 5.41 Å². The Hall–Kier alpha value is -1.45. The average Bonchev–Trinajstić information content (AvgIpc) is 1.93. The van der Waals surface area contributed by atoms with Gasteiger partial charge in [-0.05, 0) is 13.0 Å². The summed E-state index contributed by atoms with van der Waals surface area (Å²) in [6.45, 7) is 1.71. The van der Waals surface area contributed by atoms with Crippen molar-refractivity contribution in [2.75, 3.05) is 0 Å². The van der Waals surface area contributed by atoms with Crippen LogP contribution >= 0.6 is 0 Å². The SMILES string of the molecule is CC(=O)Cn1cnccc1=N. The number of aromatic nitrogens is 2. The van der Waals surface area contributed by atoms with E-state index in [0.29, 0.717) is 5.49 Å². The molecule has 0 amide bonds. The van der Waals surface area contributed by atoms with Gasteiger partial charge in [-0.2, -0.15) is 0 Å². The highest BCUT2D eigenvalue weighted by molar-refractivity contribution is 5.75. The molecule has 0 saturated heterocycles. The Morgan fingerprint density at radius 2 is 2.55 bits per heavy atom. The smallest absolute Gasteiger partial charge is 0.149 e. The summed E-state index contributed by atoms with van der Waals surface area (Å²) >= 11 is 0. The lowest BCUT2D eigenvalue weighted by Crippen LogP contribution is -2.22. The molecule has 0 bridgehead atoms. The molecule has 1 rings (SSSR count). The van der Waals surface area contributed by atoms with Gasteiger partial charge in [0.2, 0.25) is 0 Å². The molecule has 11 heavy (non-hydrogen) atoms. The molecule has 0 aliphatic carbocycles. The standard InChI is InChI=1S/C7H9N3O/c1-6(11)4-10-5-9-3-2-7(10)8/h2-3,5,8H,4H2,1H3. The summed E-state index contributed by atoms with van der Waals surface area (Å²) in [5.41, 5.74) is 0.301. The first kappa shape index (κ1) is 7.65. The molecule has 0 aliphatic heterocycles. The van der Waals surface area contributed by atoms with Gasteiger partial charge in [0.1, 0.15) is 11.3 Å². The minimum absolute atomic E-state index is 0.0245. The highest BCUT2D eigenvalue weighted by Crippen LogP contribution is 1.78. The molecule has 0 atom stereocenters. The predicted molar refractivity (Wildman–Crippen MR) is 38.8 cm³/mol. The molecule has 4 heteroatoms. The molecule has 0 fully saturated rings. The monoisotopic (exact) mass is 151 g/mol. The number of carbonyl (C=O) groups is 1. The number of hydrogen-bond donors (Lipinski definition) is 1. The lowest BCUT2D eigenvalue weighted by molar-refractivity contribution is -0.117. The van der Waals surface area contributed by atoms with Gasteiger partial charge in [0.05, 0.1) is 12.9 Å². The van der Waals surface area contributed by atoms with Gasteiger partial charge in [-0.1, -0.05) is 0 Å². The van der Waals surface area contributed by atoms with Gasteiger partial charge in [-0.15, -0.1) is 0 Å². The molecular weight excluding hydrogens is 142 g/mol. The van der Waals surface area contributed by atoms with Crippen LogP contribution in [-0.4, -0.2) is 15.3 Å². The van der Waals surface area contributed by atoms with E-state index in [9.17, 15) is 4.79 Å². The Morgan fingerprint density at radius 1 is 1.82 bits per heavy atom. The van der Waals surface area contributed by atoms with Crippen molar-refractivity contribution in [3.05, 3.63) is 24.1 Å². The molecule has 0 aromatic carbocycles. The van der Waals surface area contributed by atoms with Crippen molar-refractivity contribution in [1.82, 2.24) is 9.55 Å². The van der Waals surface area contributed by atoms with E-state index in [2.05, 4.69) is 4.98 Å². The van der Waals surface area contributed by atoms with Gasteiger partial charge >= 0.3 is 0 Å². The fourth-order valence-corrected chi connectivity index (χ4v) is 0.756. The Bertz CT molecular complexity index is 315. The lowest BCUT2D eigenvalue weighted by atomic mass is 10.4. The summed E-state index contributed by atoms with van der Waals surface area (Å²) < 4.78 is 1.49. The average molecular weight is 151 g/mol. The summed E-state index contributed by atoms with van der Waals surface area (Å²) in [6.07, 6.45) is 3.00. The van der Waals surface area contributed by atoms with Gasteiger partial charge < -0.3 is 4.57 Å². The van der Waals surface area contributed by atoms with Crippen LogP contribution in [0.4, 0.5) is 0 Å². The topological polar surface area (TPSA) is 58.7 Å². The normalized spacial score (nSPS) is 9.55. The predicted octanol–water partition coefficient (Wildman–Crippen LogP) is -0.0484. The Labute approximate surface area is 64.0 Å². The minimum atomic E-state index is 0.0245. The fourth-order valence-electron chi connectivity index (χ4n) is 0.756. The summed E-state index contributed by atoms with van der Waals surface area (Å²) in [7, 11) is 0. The molecule has 0 spiro atoms. The second kappa shape index (κ2) is 3.09. The van der Waals surface area contributed by atoms with Crippen LogP contribution in [0.1, 0.15) is 6.92 Å². The first-order valence-electron chi connectivity index (χ1n) is 3.24. The van der Waals surface area contributed by atoms with Crippen molar-refractivity contribution in [3.8, 4) is 0 Å². The zero-order valence-electron chi connectivity index (χ0n) is 6.24. The van der Waals surface area contributed by atoms with E-state index >= 15 is 0 Å². The van der Waals surface area contributed by atoms with Crippen molar-refractivity contribution < 1.29 is 4.79 Å². The highest BCUT2D eigenvalue weighted by atomic mass is 16.1. The van der Waals surface area contributed by atoms with Crippen molar-refractivity contribution in [2.45, 2.75) is 13.5 Å². The zero-order valence-corrected chi connectivity index (χ0v) is 6.24. The van der Waals surface area contributed by atoms with E-state index in [0.717, 1.165) is 0 Å². The highest BCUT2D eigenvalue weighted by Gasteiger charge is 1.94. The van der Waals surface area contributed by atoms with E-state index in [1.54, 1.807) is 6.07 Å². The molecule has 58 valence electrons. The van der Waals surface area contributed by atoms with Crippen LogP contribution in [0.3, 0.4) is 0 Å². The summed E-state index contributed by atoms with van der Waals surface area (Å²) in [6, 6.07) is 1.54. The molecule has 1 heterocycles. The Balaban J connectivity index is 2.95. The molecule has 0 saturated carbocycles. The number of carbonyl (C=O) groups excluding carboxylic acids is 1. The fraction of sp³-hybridized carbons (Fsp3) is 0.286. The molecule has 0 radical (unpaired) electrons. The van der Waals surface area contributed by atoms with Crippen LogP contribution in [0.25, 0.3) is 0 Å². The summed E-state index contributed by atoms with van der Waals surface area (Å²) in [5, 5.41) is 7.33. The molecule has 1 N–H and O–H groups in total. The molecule has 4 nitrogen and oxygen atoms in total. The Morgan fingerprint density at radius 3 is 3.09 bits per heavy atom. The maximum atomic E-state index is 10.6. The van der Waals surface area contributed by atoms with Crippen LogP contribution in [0.5, 0.6) is 0 Å². The number of rotatable bonds is 2. The van der Waals surface area contributed by atoms with E-state index in [-0.39, 0.29) is 12.3 Å². The summed E-state index contributed by atoms with van der Waals surface area (Å²) in [5.74, 6) is 0.0245. The third kappa shape index (κ3) is 2.00. The van der Waals surface area contributed by atoms with E-state index < -0.39 is 0 Å². The molecule has 0 aliphatic rings. The number of nitrogens with zero attached hydrogens (tertiary/aromatic N) is 2. The third-order valence-corrected chi connectivity index (χ3v) is 1.23. The number of ketones is 1. The summed E-state index contributed by atoms with van der Waals surface area (Å²) in [4.78, 5) is 14.4. The van der Waals surface area contributed by atoms with E-state index in [4.69, 9.17) is 5.41 Å². The maximum Gasteiger partial charge on any atom is 0.149 e. The molecule has 1 aromatic rings. The van der Waals surface area contributed by atoms with Crippen molar-refractivity contribution in [2.24, 2.45) is 0 Å². The first-order chi connectivity index (χ1) is 5.20. The molecule has 1 aromatic heterocycles. The van der Waals surface area contributed by atoms with Gasteiger partial charge in [-0.25, -0.2) is 4.98 Å². The van der Waals surface area contributed by atoms with Crippen LogP contribution in [-0.2, 0) is 11.3 Å². The third-order valence-electron chi connectivity index (χ3n) is 1.23. The van der Waals surface area contributed by atoms with Crippen molar-refractivity contribution >= 4 is 5.78 Å². The van der Waals surface area contributed by atoms with Gasteiger partial charge in [0.15, 0.2) is 0 Å². The minimum Gasteiger partial charge on any atom is -0.310 e. The molecule has 0 unspecified atom stereocenters. The number of hydrogen-bond acceptors (Lipinski definition) is 3. The van der Waals surface area contributed by atoms with Crippen LogP contribution < -0.4 is 5.49 Å². The zero-order chi connectivity index (χ0) is 8.27. The number of Topliss-reactive ketones (excluding diaryl/α,β-unsaturated/α-hetero) is 1. The van der Waals surface area contributed by atoms with Crippen LogP contribution in [0.2, 0.25) is 0 Å².